The van der Waals surface area contributed by atoms with Gasteiger partial charge < -0.3 is 10.1 Å². The Morgan fingerprint density at radius 1 is 1.00 bits per heavy atom. The van der Waals surface area contributed by atoms with Crippen molar-refractivity contribution >= 4 is 11.9 Å². The lowest BCUT2D eigenvalue weighted by Crippen LogP contribution is -2.54. The van der Waals surface area contributed by atoms with Crippen LogP contribution < -0.4 is 5.32 Å². The van der Waals surface area contributed by atoms with E-state index in [0.29, 0.717) is 12.0 Å². The van der Waals surface area contributed by atoms with Gasteiger partial charge in [-0.3, -0.25) is 4.79 Å². The maximum atomic E-state index is 12.4. The zero-order valence-corrected chi connectivity index (χ0v) is 13.4. The topological polar surface area (TPSA) is 55.4 Å². The molecule has 0 aliphatic carbocycles. The summed E-state index contributed by atoms with van der Waals surface area (Å²) in [7, 11) is 0. The SMILES string of the molecule is CCOC(=O)C(C)(Cc1ccccc1)NC(=O)c1ccccc1. The second-order valence-electron chi connectivity index (χ2n) is 5.54. The zero-order valence-electron chi connectivity index (χ0n) is 13.4. The van der Waals surface area contributed by atoms with Crippen molar-refractivity contribution in [3.63, 3.8) is 0 Å². The van der Waals surface area contributed by atoms with Crippen LogP contribution in [0.2, 0.25) is 0 Å². The molecular weight excluding hydrogens is 290 g/mol. The number of hydrogen-bond acceptors (Lipinski definition) is 3. The van der Waals surface area contributed by atoms with Gasteiger partial charge in [0.2, 0.25) is 0 Å². The van der Waals surface area contributed by atoms with Gasteiger partial charge in [-0.15, -0.1) is 0 Å². The Labute approximate surface area is 136 Å². The van der Waals surface area contributed by atoms with Crippen LogP contribution in [0.4, 0.5) is 0 Å². The summed E-state index contributed by atoms with van der Waals surface area (Å²) in [5, 5.41) is 2.83. The number of hydrogen-bond donors (Lipinski definition) is 1. The van der Waals surface area contributed by atoms with Crippen molar-refractivity contribution in [3.8, 4) is 0 Å². The van der Waals surface area contributed by atoms with Crippen molar-refractivity contribution in [1.29, 1.82) is 0 Å². The Hall–Kier alpha value is -2.62. The van der Waals surface area contributed by atoms with Crippen LogP contribution in [-0.2, 0) is 16.0 Å². The lowest BCUT2D eigenvalue weighted by Gasteiger charge is -2.28. The molecule has 4 heteroatoms. The molecule has 1 N–H and O–H groups in total. The Kier molecular flexibility index (Phi) is 5.52. The summed E-state index contributed by atoms with van der Waals surface area (Å²) in [6.07, 6.45) is 0.366. The Morgan fingerprint density at radius 2 is 1.57 bits per heavy atom. The highest BCUT2D eigenvalue weighted by Gasteiger charge is 2.36. The Morgan fingerprint density at radius 3 is 2.13 bits per heavy atom. The van der Waals surface area contributed by atoms with E-state index >= 15 is 0 Å². The lowest BCUT2D eigenvalue weighted by molar-refractivity contribution is -0.150. The second-order valence-corrected chi connectivity index (χ2v) is 5.54. The number of carbonyl (C=O) groups excluding carboxylic acids is 2. The molecule has 0 heterocycles. The molecule has 1 atom stereocenters. The molecule has 0 saturated carbocycles. The summed E-state index contributed by atoms with van der Waals surface area (Å²) in [6.45, 7) is 3.71. The van der Waals surface area contributed by atoms with Crippen LogP contribution >= 0.6 is 0 Å². The molecule has 0 aliphatic heterocycles. The minimum Gasteiger partial charge on any atom is -0.464 e. The van der Waals surface area contributed by atoms with Gasteiger partial charge >= 0.3 is 5.97 Å². The zero-order chi connectivity index (χ0) is 16.7. The van der Waals surface area contributed by atoms with Crippen molar-refractivity contribution < 1.29 is 14.3 Å². The van der Waals surface area contributed by atoms with Gasteiger partial charge in [0.25, 0.3) is 5.91 Å². The molecule has 0 saturated heterocycles. The molecule has 0 aromatic heterocycles. The van der Waals surface area contributed by atoms with Crippen molar-refractivity contribution in [2.24, 2.45) is 0 Å². The molecule has 120 valence electrons. The van der Waals surface area contributed by atoms with E-state index in [9.17, 15) is 9.59 Å². The number of benzene rings is 2. The quantitative estimate of drug-likeness (QED) is 0.834. The van der Waals surface area contributed by atoms with Gasteiger partial charge in [0, 0.05) is 12.0 Å². The predicted molar refractivity (Wildman–Crippen MR) is 89.1 cm³/mol. The van der Waals surface area contributed by atoms with E-state index in [1.807, 2.05) is 36.4 Å². The molecule has 4 nitrogen and oxygen atoms in total. The van der Waals surface area contributed by atoms with Crippen LogP contribution in [0.3, 0.4) is 0 Å². The molecule has 0 aliphatic rings. The maximum absolute atomic E-state index is 12.4. The van der Waals surface area contributed by atoms with Gasteiger partial charge in [-0.25, -0.2) is 4.79 Å². The molecule has 0 radical (unpaired) electrons. The molecule has 1 amide bonds. The van der Waals surface area contributed by atoms with Gasteiger partial charge in [-0.1, -0.05) is 48.5 Å². The number of rotatable bonds is 6. The van der Waals surface area contributed by atoms with Crippen LogP contribution in [-0.4, -0.2) is 24.0 Å². The number of ether oxygens (including phenoxy) is 1. The first kappa shape index (κ1) is 16.7. The van der Waals surface area contributed by atoms with Gasteiger partial charge in [0.05, 0.1) is 6.61 Å². The van der Waals surface area contributed by atoms with E-state index in [0.717, 1.165) is 5.56 Å². The third kappa shape index (κ3) is 4.42. The number of carbonyl (C=O) groups is 2. The molecule has 0 bridgehead atoms. The highest BCUT2D eigenvalue weighted by Crippen LogP contribution is 2.16. The number of nitrogens with one attached hydrogen (secondary N) is 1. The molecular formula is C19H21NO3. The summed E-state index contributed by atoms with van der Waals surface area (Å²) in [5.41, 5.74) is 0.345. The summed E-state index contributed by atoms with van der Waals surface area (Å²) >= 11 is 0. The van der Waals surface area contributed by atoms with Crippen LogP contribution in [0.15, 0.2) is 60.7 Å². The fourth-order valence-corrected chi connectivity index (χ4v) is 2.37. The first-order valence-electron chi connectivity index (χ1n) is 7.64. The average molecular weight is 311 g/mol. The van der Waals surface area contributed by atoms with Crippen molar-refractivity contribution in [1.82, 2.24) is 5.32 Å². The fourth-order valence-electron chi connectivity index (χ4n) is 2.37. The molecule has 2 aromatic carbocycles. The van der Waals surface area contributed by atoms with E-state index in [-0.39, 0.29) is 12.5 Å². The lowest BCUT2D eigenvalue weighted by atomic mass is 9.92. The van der Waals surface area contributed by atoms with Crippen molar-refractivity contribution in [3.05, 3.63) is 71.8 Å². The predicted octanol–water partition coefficient (Wildman–Crippen LogP) is 2.98. The third-order valence-electron chi connectivity index (χ3n) is 3.55. The summed E-state index contributed by atoms with van der Waals surface area (Å²) < 4.78 is 5.16. The van der Waals surface area contributed by atoms with Crippen LogP contribution in [0.25, 0.3) is 0 Å². The Bertz CT molecular complexity index is 655. The second kappa shape index (κ2) is 7.58. The van der Waals surface area contributed by atoms with E-state index < -0.39 is 11.5 Å². The average Bonchev–Trinajstić information content (AvgIpc) is 2.56. The largest absolute Gasteiger partial charge is 0.464 e. The fraction of sp³-hybridized carbons (Fsp3) is 0.263. The first-order chi connectivity index (χ1) is 11.0. The van der Waals surface area contributed by atoms with Crippen LogP contribution in [0, 0.1) is 0 Å². The summed E-state index contributed by atoms with van der Waals surface area (Å²) in [4.78, 5) is 24.8. The van der Waals surface area contributed by atoms with Gasteiger partial charge in [-0.05, 0) is 31.5 Å². The third-order valence-corrected chi connectivity index (χ3v) is 3.55. The van der Waals surface area contributed by atoms with E-state index in [1.54, 1.807) is 38.1 Å². The summed E-state index contributed by atoms with van der Waals surface area (Å²) in [6, 6.07) is 18.4. The first-order valence-corrected chi connectivity index (χ1v) is 7.64. The van der Waals surface area contributed by atoms with Gasteiger partial charge in [0.1, 0.15) is 5.54 Å². The van der Waals surface area contributed by atoms with Crippen molar-refractivity contribution in [2.75, 3.05) is 6.61 Å². The van der Waals surface area contributed by atoms with Gasteiger partial charge in [0.15, 0.2) is 0 Å². The Balaban J connectivity index is 2.23. The molecule has 0 spiro atoms. The molecule has 2 aromatic rings. The summed E-state index contributed by atoms with van der Waals surface area (Å²) in [5.74, 6) is -0.731. The van der Waals surface area contributed by atoms with Crippen LogP contribution in [0.5, 0.6) is 0 Å². The minimum atomic E-state index is -1.12. The highest BCUT2D eigenvalue weighted by atomic mass is 16.5. The minimum absolute atomic E-state index is 0.268. The van der Waals surface area contributed by atoms with E-state index in [4.69, 9.17) is 4.74 Å². The number of amides is 1. The van der Waals surface area contributed by atoms with Crippen molar-refractivity contribution in [2.45, 2.75) is 25.8 Å². The standard InChI is InChI=1S/C19H21NO3/c1-3-23-18(22)19(2,14-15-10-6-4-7-11-15)20-17(21)16-12-8-5-9-13-16/h4-13H,3,14H2,1-2H3,(H,20,21). The molecule has 0 fully saturated rings. The number of esters is 1. The van der Waals surface area contributed by atoms with E-state index in [1.165, 1.54) is 0 Å². The van der Waals surface area contributed by atoms with E-state index in [2.05, 4.69) is 5.32 Å². The molecule has 2 rings (SSSR count). The molecule has 23 heavy (non-hydrogen) atoms. The molecule has 1 unspecified atom stereocenters. The monoisotopic (exact) mass is 311 g/mol. The van der Waals surface area contributed by atoms with Crippen LogP contribution in [0.1, 0.15) is 29.8 Å². The van der Waals surface area contributed by atoms with Gasteiger partial charge in [-0.2, -0.15) is 0 Å². The smallest absolute Gasteiger partial charge is 0.331 e. The maximum Gasteiger partial charge on any atom is 0.331 e. The normalized spacial score (nSPS) is 13.0. The highest BCUT2D eigenvalue weighted by molar-refractivity contribution is 5.98.